The molecule has 3 rings (SSSR count). The maximum Gasteiger partial charge on any atom is 0.306 e. The Bertz CT molecular complexity index is 947. The predicted molar refractivity (Wildman–Crippen MR) is 115 cm³/mol. The normalized spacial score (nSPS) is 18.5. The first-order valence-corrected chi connectivity index (χ1v) is 9.94. The summed E-state index contributed by atoms with van der Waals surface area (Å²) in [4.78, 5) is 26.1. The standard InChI is InChI=1S/C23H27N3O4/c1-26(18-10-7-16(8-11-18)23(28)29)22(27)19-13-17(9-12-20(19)30-2)14-3-5-15(6-4-14)21(24)25/h3-6,9,12-13,16,18H,7-8,10-11H2,1-2H3,(H3,24,25)(H,28,29). The molecule has 30 heavy (non-hydrogen) atoms. The topological polar surface area (TPSA) is 117 Å². The van der Waals surface area contributed by atoms with Gasteiger partial charge in [-0.15, -0.1) is 0 Å². The van der Waals surface area contributed by atoms with Crippen LogP contribution in [0.25, 0.3) is 11.1 Å². The number of carboxylic acids is 1. The van der Waals surface area contributed by atoms with E-state index in [4.69, 9.17) is 15.9 Å². The average Bonchev–Trinajstić information content (AvgIpc) is 2.77. The van der Waals surface area contributed by atoms with Crippen LogP contribution < -0.4 is 10.5 Å². The molecule has 1 amide bonds. The van der Waals surface area contributed by atoms with Crippen molar-refractivity contribution in [2.75, 3.05) is 14.2 Å². The van der Waals surface area contributed by atoms with Gasteiger partial charge in [-0.05, 0) is 48.9 Å². The highest BCUT2D eigenvalue weighted by Gasteiger charge is 2.31. The highest BCUT2D eigenvalue weighted by molar-refractivity contribution is 5.98. The molecule has 7 nitrogen and oxygen atoms in total. The van der Waals surface area contributed by atoms with Crippen molar-refractivity contribution < 1.29 is 19.4 Å². The molecule has 158 valence electrons. The fraction of sp³-hybridized carbons (Fsp3) is 0.348. The van der Waals surface area contributed by atoms with E-state index < -0.39 is 5.97 Å². The number of nitrogens with one attached hydrogen (secondary N) is 1. The number of carbonyl (C=O) groups excluding carboxylic acids is 1. The van der Waals surface area contributed by atoms with Crippen LogP contribution in [0.5, 0.6) is 5.75 Å². The molecule has 1 saturated carbocycles. The summed E-state index contributed by atoms with van der Waals surface area (Å²) >= 11 is 0. The van der Waals surface area contributed by atoms with Gasteiger partial charge in [-0.1, -0.05) is 30.3 Å². The van der Waals surface area contributed by atoms with Gasteiger partial charge in [-0.25, -0.2) is 0 Å². The van der Waals surface area contributed by atoms with E-state index in [1.54, 1.807) is 30.1 Å². The van der Waals surface area contributed by atoms with Crippen molar-refractivity contribution in [2.24, 2.45) is 11.7 Å². The van der Waals surface area contributed by atoms with E-state index in [0.717, 1.165) is 11.1 Å². The van der Waals surface area contributed by atoms with Gasteiger partial charge in [-0.2, -0.15) is 0 Å². The van der Waals surface area contributed by atoms with Gasteiger partial charge in [0.1, 0.15) is 11.6 Å². The molecule has 0 unspecified atom stereocenters. The van der Waals surface area contributed by atoms with Crippen LogP contribution in [0.2, 0.25) is 0 Å². The fourth-order valence-corrected chi connectivity index (χ4v) is 3.96. The number of methoxy groups -OCH3 is 1. The lowest BCUT2D eigenvalue weighted by Gasteiger charge is -2.33. The number of ether oxygens (including phenoxy) is 1. The quantitative estimate of drug-likeness (QED) is 0.500. The summed E-state index contributed by atoms with van der Waals surface area (Å²) in [5.74, 6) is -0.720. The van der Waals surface area contributed by atoms with Gasteiger partial charge in [-0.3, -0.25) is 15.0 Å². The lowest BCUT2D eigenvalue weighted by molar-refractivity contribution is -0.143. The second-order valence-corrected chi connectivity index (χ2v) is 7.67. The smallest absolute Gasteiger partial charge is 0.306 e. The number of amidine groups is 1. The van der Waals surface area contributed by atoms with Gasteiger partial charge >= 0.3 is 5.97 Å². The number of nitrogens with zero attached hydrogens (tertiary/aromatic N) is 1. The summed E-state index contributed by atoms with van der Waals surface area (Å²) in [6.07, 6.45) is 2.51. The minimum atomic E-state index is -0.757. The zero-order valence-electron chi connectivity index (χ0n) is 17.2. The first-order valence-electron chi connectivity index (χ1n) is 9.94. The van der Waals surface area contributed by atoms with Gasteiger partial charge in [0.05, 0.1) is 18.6 Å². The summed E-state index contributed by atoms with van der Waals surface area (Å²) in [6, 6.07) is 12.8. The Morgan fingerprint density at radius 2 is 1.67 bits per heavy atom. The van der Waals surface area contributed by atoms with E-state index in [9.17, 15) is 14.7 Å². The average molecular weight is 409 g/mol. The number of carboxylic acid groups (broad SMARTS) is 1. The second-order valence-electron chi connectivity index (χ2n) is 7.67. The molecule has 0 saturated heterocycles. The number of amides is 1. The van der Waals surface area contributed by atoms with Crippen molar-refractivity contribution in [3.8, 4) is 16.9 Å². The highest BCUT2D eigenvalue weighted by atomic mass is 16.5. The zero-order valence-corrected chi connectivity index (χ0v) is 17.2. The largest absolute Gasteiger partial charge is 0.496 e. The van der Waals surface area contributed by atoms with E-state index in [-0.39, 0.29) is 23.7 Å². The lowest BCUT2D eigenvalue weighted by atomic mass is 9.85. The molecule has 2 aromatic carbocycles. The van der Waals surface area contributed by atoms with E-state index in [2.05, 4.69) is 0 Å². The monoisotopic (exact) mass is 409 g/mol. The first-order chi connectivity index (χ1) is 14.3. The van der Waals surface area contributed by atoms with Crippen LogP contribution in [0.15, 0.2) is 42.5 Å². The number of aliphatic carboxylic acids is 1. The summed E-state index contributed by atoms with van der Waals surface area (Å²) in [7, 11) is 3.30. The van der Waals surface area contributed by atoms with Gasteiger partial charge in [0.15, 0.2) is 0 Å². The molecule has 0 aromatic heterocycles. The van der Waals surface area contributed by atoms with Crippen molar-refractivity contribution in [1.29, 1.82) is 5.41 Å². The second kappa shape index (κ2) is 8.98. The van der Waals surface area contributed by atoms with Crippen LogP contribution in [-0.2, 0) is 4.79 Å². The molecule has 0 atom stereocenters. The number of rotatable bonds is 6. The Morgan fingerprint density at radius 3 is 2.20 bits per heavy atom. The van der Waals surface area contributed by atoms with Gasteiger partial charge < -0.3 is 20.5 Å². The third-order valence-electron chi connectivity index (χ3n) is 5.87. The van der Waals surface area contributed by atoms with Crippen LogP contribution in [-0.4, -0.2) is 47.9 Å². The Hall–Kier alpha value is -3.35. The summed E-state index contributed by atoms with van der Waals surface area (Å²) in [5, 5.41) is 16.7. The number of nitrogen functional groups attached to an aromatic ring is 1. The number of hydrogen-bond acceptors (Lipinski definition) is 4. The molecule has 4 N–H and O–H groups in total. The number of benzene rings is 2. The summed E-state index contributed by atoms with van der Waals surface area (Å²) in [6.45, 7) is 0. The molecule has 1 aliphatic rings. The molecule has 0 spiro atoms. The molecule has 1 aliphatic carbocycles. The maximum atomic E-state index is 13.3. The molecule has 0 bridgehead atoms. The number of carbonyl (C=O) groups is 2. The van der Waals surface area contributed by atoms with Crippen LogP contribution in [0, 0.1) is 11.3 Å². The predicted octanol–water partition coefficient (Wildman–Crippen LogP) is 3.36. The van der Waals surface area contributed by atoms with Crippen LogP contribution in [0.3, 0.4) is 0 Å². The molecule has 0 aliphatic heterocycles. The Labute approximate surface area is 176 Å². The Kier molecular flexibility index (Phi) is 6.40. The summed E-state index contributed by atoms with van der Waals surface area (Å²) < 4.78 is 5.42. The van der Waals surface area contributed by atoms with Gasteiger partial charge in [0, 0.05) is 18.7 Å². The van der Waals surface area contributed by atoms with Crippen molar-refractivity contribution >= 4 is 17.7 Å². The fourth-order valence-electron chi connectivity index (χ4n) is 3.96. The van der Waals surface area contributed by atoms with E-state index >= 15 is 0 Å². The van der Waals surface area contributed by atoms with Crippen molar-refractivity contribution in [3.63, 3.8) is 0 Å². The Balaban J connectivity index is 1.83. The van der Waals surface area contributed by atoms with Gasteiger partial charge in [0.25, 0.3) is 5.91 Å². The molecule has 0 radical (unpaired) electrons. The molecular formula is C23H27N3O4. The maximum absolute atomic E-state index is 13.3. The van der Waals surface area contributed by atoms with E-state index in [1.165, 1.54) is 7.11 Å². The van der Waals surface area contributed by atoms with Gasteiger partial charge in [0.2, 0.25) is 0 Å². The zero-order chi connectivity index (χ0) is 21.8. The van der Waals surface area contributed by atoms with Crippen LogP contribution in [0.1, 0.15) is 41.6 Å². The van der Waals surface area contributed by atoms with Crippen molar-refractivity contribution in [2.45, 2.75) is 31.7 Å². The van der Waals surface area contributed by atoms with Crippen LogP contribution >= 0.6 is 0 Å². The first kappa shape index (κ1) is 21.4. The van der Waals surface area contributed by atoms with Crippen molar-refractivity contribution in [3.05, 3.63) is 53.6 Å². The minimum absolute atomic E-state index is 0.00592. The third kappa shape index (κ3) is 4.45. The molecular weight excluding hydrogens is 382 g/mol. The molecule has 1 fully saturated rings. The Morgan fingerprint density at radius 1 is 1.07 bits per heavy atom. The molecule has 2 aromatic rings. The van der Waals surface area contributed by atoms with Crippen molar-refractivity contribution in [1.82, 2.24) is 4.90 Å². The number of nitrogens with two attached hydrogens (primary N) is 1. The summed E-state index contributed by atoms with van der Waals surface area (Å²) in [5.41, 5.74) is 8.39. The SMILES string of the molecule is COc1ccc(-c2ccc(C(=N)N)cc2)cc1C(=O)N(C)C1CCC(C(=O)O)CC1. The van der Waals surface area contributed by atoms with E-state index in [0.29, 0.717) is 42.6 Å². The highest BCUT2D eigenvalue weighted by Crippen LogP contribution is 2.31. The van der Waals surface area contributed by atoms with E-state index in [1.807, 2.05) is 24.3 Å². The molecule has 7 heteroatoms. The third-order valence-corrected chi connectivity index (χ3v) is 5.87. The van der Waals surface area contributed by atoms with Crippen LogP contribution in [0.4, 0.5) is 0 Å². The lowest BCUT2D eigenvalue weighted by Crippen LogP contribution is -2.40. The number of hydrogen-bond donors (Lipinski definition) is 3. The minimum Gasteiger partial charge on any atom is -0.496 e. The molecule has 0 heterocycles.